The quantitative estimate of drug-likeness (QED) is 0.438. The van der Waals surface area contributed by atoms with Gasteiger partial charge in [-0.2, -0.15) is 4.31 Å². The molecule has 2 fully saturated rings. The Morgan fingerprint density at radius 1 is 1.06 bits per heavy atom. The van der Waals surface area contributed by atoms with Crippen molar-refractivity contribution in [3.8, 4) is 0 Å². The van der Waals surface area contributed by atoms with Gasteiger partial charge in [-0.05, 0) is 84.0 Å². The van der Waals surface area contributed by atoms with E-state index in [9.17, 15) is 22.8 Å². The molecule has 31 heavy (non-hydrogen) atoms. The third kappa shape index (κ3) is 4.37. The van der Waals surface area contributed by atoms with E-state index in [1.54, 1.807) is 24.3 Å². The molecule has 8 nitrogen and oxygen atoms in total. The summed E-state index contributed by atoms with van der Waals surface area (Å²) < 4.78 is 29.0. The maximum absolute atomic E-state index is 13.4. The van der Waals surface area contributed by atoms with Gasteiger partial charge in [0.1, 0.15) is 6.04 Å². The molecule has 162 valence electrons. The van der Waals surface area contributed by atoms with E-state index in [1.807, 2.05) is 0 Å². The number of sulfonamides is 1. The second kappa shape index (κ2) is 8.32. The molecule has 1 saturated heterocycles. The van der Waals surface area contributed by atoms with Gasteiger partial charge in [0.15, 0.2) is 0 Å². The minimum atomic E-state index is -4.02. The molecule has 10 heteroatoms. The molecule has 1 heterocycles. The Labute approximate surface area is 193 Å². The number of carbonyl (C=O) groups excluding carboxylic acids is 3. The number of nitrogens with one attached hydrogen (secondary N) is 1. The summed E-state index contributed by atoms with van der Waals surface area (Å²) >= 11 is 2.13. The van der Waals surface area contributed by atoms with Crippen LogP contribution in [0.25, 0.3) is 0 Å². The Bertz CT molecular complexity index is 1140. The highest BCUT2D eigenvalue weighted by Crippen LogP contribution is 2.38. The number of benzene rings is 2. The minimum Gasteiger partial charge on any atom is -0.326 e. The molecule has 0 aromatic heterocycles. The summed E-state index contributed by atoms with van der Waals surface area (Å²) in [6, 6.07) is 11.3. The van der Waals surface area contributed by atoms with Crippen molar-refractivity contribution in [2.45, 2.75) is 43.2 Å². The zero-order chi connectivity index (χ0) is 22.3. The van der Waals surface area contributed by atoms with E-state index in [0.717, 1.165) is 8.47 Å². The van der Waals surface area contributed by atoms with Gasteiger partial charge in [0.25, 0.3) is 5.91 Å². The lowest BCUT2D eigenvalue weighted by molar-refractivity contribution is -0.122. The first-order valence-corrected chi connectivity index (χ1v) is 12.2. The van der Waals surface area contributed by atoms with E-state index in [4.69, 9.17) is 0 Å². The molecule has 0 spiro atoms. The number of halogens is 1. The summed E-state index contributed by atoms with van der Waals surface area (Å²) in [5.74, 6) is -1.21. The maximum atomic E-state index is 13.4. The lowest BCUT2D eigenvalue weighted by Gasteiger charge is -2.26. The number of anilines is 2. The van der Waals surface area contributed by atoms with Crippen LogP contribution in [-0.4, -0.2) is 42.5 Å². The van der Waals surface area contributed by atoms with E-state index in [0.29, 0.717) is 24.2 Å². The third-order valence-corrected chi connectivity index (χ3v) is 7.87. The molecule has 2 aromatic carbocycles. The first-order chi connectivity index (χ1) is 14.7. The lowest BCUT2D eigenvalue weighted by Crippen LogP contribution is -2.46. The van der Waals surface area contributed by atoms with Crippen LogP contribution >= 0.6 is 22.6 Å². The van der Waals surface area contributed by atoms with Crippen molar-refractivity contribution in [2.75, 3.05) is 10.2 Å². The van der Waals surface area contributed by atoms with Crippen LogP contribution in [0.1, 0.15) is 26.2 Å². The molecular weight excluding hydrogens is 533 g/mol. The number of rotatable bonds is 6. The fraction of sp³-hybridized carbons (Fsp3) is 0.286. The maximum Gasteiger partial charge on any atom is 0.252 e. The lowest BCUT2D eigenvalue weighted by atomic mass is 10.2. The molecule has 3 amide bonds. The first-order valence-electron chi connectivity index (χ1n) is 9.72. The van der Waals surface area contributed by atoms with E-state index < -0.39 is 27.9 Å². The molecule has 2 aromatic rings. The van der Waals surface area contributed by atoms with Crippen LogP contribution in [0.2, 0.25) is 0 Å². The van der Waals surface area contributed by atoms with Gasteiger partial charge in [0.2, 0.25) is 21.8 Å². The molecule has 1 aliphatic heterocycles. The fourth-order valence-corrected chi connectivity index (χ4v) is 5.84. The molecular formula is C21H20IN3O5S. The van der Waals surface area contributed by atoms with Gasteiger partial charge in [-0.15, -0.1) is 0 Å². The summed E-state index contributed by atoms with van der Waals surface area (Å²) in [6.07, 6.45) is 1.10. The van der Waals surface area contributed by atoms with Crippen LogP contribution in [0.3, 0.4) is 0 Å². The summed E-state index contributed by atoms with van der Waals surface area (Å²) in [4.78, 5) is 38.1. The van der Waals surface area contributed by atoms with Crippen molar-refractivity contribution >= 4 is 61.7 Å². The van der Waals surface area contributed by atoms with Crippen molar-refractivity contribution in [3.63, 3.8) is 0 Å². The number of amides is 3. The van der Waals surface area contributed by atoms with Crippen LogP contribution in [0.4, 0.5) is 11.4 Å². The van der Waals surface area contributed by atoms with Gasteiger partial charge in [-0.25, -0.2) is 13.3 Å². The summed E-state index contributed by atoms with van der Waals surface area (Å²) in [6.45, 7) is 1.36. The van der Waals surface area contributed by atoms with Crippen LogP contribution in [0.15, 0.2) is 53.4 Å². The van der Waals surface area contributed by atoms with Crippen molar-refractivity contribution in [3.05, 3.63) is 52.1 Å². The number of imide groups is 1. The molecule has 0 radical (unpaired) electrons. The average Bonchev–Trinajstić information content (AvgIpc) is 3.49. The highest BCUT2D eigenvalue weighted by Gasteiger charge is 2.51. The van der Waals surface area contributed by atoms with E-state index in [2.05, 4.69) is 27.9 Å². The van der Waals surface area contributed by atoms with Crippen LogP contribution in [0.5, 0.6) is 0 Å². The Morgan fingerprint density at radius 2 is 1.68 bits per heavy atom. The summed E-state index contributed by atoms with van der Waals surface area (Å²) in [5, 5.41) is 2.59. The van der Waals surface area contributed by atoms with Crippen molar-refractivity contribution in [1.82, 2.24) is 4.31 Å². The van der Waals surface area contributed by atoms with Gasteiger partial charge in [-0.1, -0.05) is 0 Å². The van der Waals surface area contributed by atoms with Crippen molar-refractivity contribution in [2.24, 2.45) is 0 Å². The van der Waals surface area contributed by atoms with Gasteiger partial charge >= 0.3 is 0 Å². The molecule has 1 atom stereocenters. The van der Waals surface area contributed by atoms with Crippen LogP contribution in [0, 0.1) is 3.57 Å². The van der Waals surface area contributed by atoms with E-state index in [-0.39, 0.29) is 23.3 Å². The largest absolute Gasteiger partial charge is 0.326 e. The second-order valence-corrected chi connectivity index (χ2v) is 10.6. The van der Waals surface area contributed by atoms with Gasteiger partial charge in [0.05, 0.1) is 17.0 Å². The van der Waals surface area contributed by atoms with Crippen LogP contribution < -0.4 is 10.2 Å². The molecule has 1 saturated carbocycles. The Hall–Kier alpha value is -2.31. The fourth-order valence-electron chi connectivity index (χ4n) is 3.66. The summed E-state index contributed by atoms with van der Waals surface area (Å²) in [5.41, 5.74) is 0.909. The topological polar surface area (TPSA) is 104 Å². The predicted octanol–water partition coefficient (Wildman–Crippen LogP) is 2.73. The molecule has 0 bridgehead atoms. The van der Waals surface area contributed by atoms with Crippen molar-refractivity contribution in [1.29, 1.82) is 0 Å². The Balaban J connectivity index is 1.64. The number of nitrogens with zero attached hydrogens (tertiary/aromatic N) is 2. The highest BCUT2D eigenvalue weighted by atomic mass is 127. The number of hydrogen-bond acceptors (Lipinski definition) is 5. The predicted molar refractivity (Wildman–Crippen MR) is 123 cm³/mol. The normalized spacial score (nSPS) is 19.2. The second-order valence-electron chi connectivity index (χ2n) is 7.54. The van der Waals surface area contributed by atoms with Crippen LogP contribution in [-0.2, 0) is 24.4 Å². The van der Waals surface area contributed by atoms with E-state index >= 15 is 0 Å². The van der Waals surface area contributed by atoms with Gasteiger partial charge < -0.3 is 5.32 Å². The average molecular weight is 553 g/mol. The third-order valence-electron chi connectivity index (χ3n) is 5.17. The molecule has 2 aliphatic rings. The van der Waals surface area contributed by atoms with E-state index in [1.165, 1.54) is 35.5 Å². The van der Waals surface area contributed by atoms with Crippen molar-refractivity contribution < 1.29 is 22.8 Å². The Morgan fingerprint density at radius 3 is 2.23 bits per heavy atom. The number of hydrogen-bond donors (Lipinski definition) is 1. The smallest absolute Gasteiger partial charge is 0.252 e. The number of carbonyl (C=O) groups is 3. The van der Waals surface area contributed by atoms with Gasteiger partial charge in [-0.3, -0.25) is 14.4 Å². The molecule has 1 aliphatic carbocycles. The highest BCUT2D eigenvalue weighted by molar-refractivity contribution is 14.1. The Kier molecular flexibility index (Phi) is 5.88. The zero-order valence-corrected chi connectivity index (χ0v) is 19.6. The zero-order valence-electron chi connectivity index (χ0n) is 16.6. The monoisotopic (exact) mass is 553 g/mol. The SMILES string of the molecule is CC(=O)Nc1ccc(S(=O)(=O)N(C2CC2)C2CC(=O)N(c3ccc(I)cc3)C2=O)cc1. The molecule has 4 rings (SSSR count). The summed E-state index contributed by atoms with van der Waals surface area (Å²) in [7, 11) is -4.02. The van der Waals surface area contributed by atoms with Gasteiger partial charge in [0, 0.05) is 22.2 Å². The molecule has 1 unspecified atom stereocenters. The molecule has 1 N–H and O–H groups in total. The minimum absolute atomic E-state index is 0.0152. The first kappa shape index (κ1) is 21.9. The standard InChI is InChI=1S/C21H20IN3O5S/c1-13(26)23-15-4-10-18(11-5-15)31(29,30)25(17-8-9-17)19-12-20(27)24(21(19)28)16-6-2-14(22)3-7-16/h2-7,10-11,17,19H,8-9,12H2,1H3,(H,23,26).